The standard InChI is InChI=1S/C15H26N2OS/c1-4-13(16)14(15-11(2)6-8-19-15)17-7-5-12(9-17)10-18-3/h6,8,12-14H,4-5,7,9-10,16H2,1-3H3. The minimum atomic E-state index is 0.221. The topological polar surface area (TPSA) is 38.5 Å². The number of thiophene rings is 1. The summed E-state index contributed by atoms with van der Waals surface area (Å²) in [5, 5.41) is 2.18. The van der Waals surface area contributed by atoms with Crippen LogP contribution >= 0.6 is 11.3 Å². The molecule has 0 radical (unpaired) electrons. The van der Waals surface area contributed by atoms with Crippen LogP contribution in [0.5, 0.6) is 0 Å². The highest BCUT2D eigenvalue weighted by Gasteiger charge is 2.33. The molecule has 3 unspecified atom stereocenters. The lowest BCUT2D eigenvalue weighted by atomic mass is 10.0. The second-order valence-corrected chi connectivity index (χ2v) is 6.54. The first-order valence-corrected chi connectivity index (χ1v) is 8.07. The van der Waals surface area contributed by atoms with Crippen LogP contribution in [0.3, 0.4) is 0 Å². The Kier molecular flexibility index (Phi) is 5.39. The van der Waals surface area contributed by atoms with Crippen molar-refractivity contribution in [2.75, 3.05) is 26.8 Å². The lowest BCUT2D eigenvalue weighted by Gasteiger charge is -2.32. The van der Waals surface area contributed by atoms with Crippen LogP contribution in [0.1, 0.15) is 36.2 Å². The summed E-state index contributed by atoms with van der Waals surface area (Å²) in [7, 11) is 1.79. The zero-order valence-corrected chi connectivity index (χ0v) is 13.1. The summed E-state index contributed by atoms with van der Waals surface area (Å²) in [6.45, 7) is 7.51. The third-order valence-electron chi connectivity index (χ3n) is 4.16. The first-order chi connectivity index (χ1) is 9.17. The lowest BCUT2D eigenvalue weighted by molar-refractivity contribution is 0.142. The van der Waals surface area contributed by atoms with Gasteiger partial charge in [-0.05, 0) is 49.2 Å². The van der Waals surface area contributed by atoms with Gasteiger partial charge in [0.15, 0.2) is 0 Å². The van der Waals surface area contributed by atoms with E-state index < -0.39 is 0 Å². The summed E-state index contributed by atoms with van der Waals surface area (Å²) in [5.41, 5.74) is 7.79. The lowest BCUT2D eigenvalue weighted by Crippen LogP contribution is -2.39. The smallest absolute Gasteiger partial charge is 0.0596 e. The Labute approximate surface area is 120 Å². The zero-order valence-electron chi connectivity index (χ0n) is 12.3. The number of nitrogens with zero attached hydrogens (tertiary/aromatic N) is 1. The van der Waals surface area contributed by atoms with Gasteiger partial charge in [0.25, 0.3) is 0 Å². The summed E-state index contributed by atoms with van der Waals surface area (Å²) < 4.78 is 5.30. The molecule has 1 aliphatic rings. The third kappa shape index (κ3) is 3.37. The predicted molar refractivity (Wildman–Crippen MR) is 81.6 cm³/mol. The van der Waals surface area contributed by atoms with Gasteiger partial charge in [0.2, 0.25) is 0 Å². The average molecular weight is 282 g/mol. The first kappa shape index (κ1) is 15.0. The Bertz CT molecular complexity index is 393. The number of rotatable bonds is 6. The Hall–Kier alpha value is -0.420. The van der Waals surface area contributed by atoms with Gasteiger partial charge in [-0.2, -0.15) is 0 Å². The molecule has 0 aliphatic carbocycles. The SMILES string of the molecule is CCC(N)C(c1sccc1C)N1CCC(COC)C1. The van der Waals surface area contributed by atoms with Crippen molar-refractivity contribution < 1.29 is 4.74 Å². The highest BCUT2D eigenvalue weighted by molar-refractivity contribution is 7.10. The molecular formula is C15H26N2OS. The fraction of sp³-hybridized carbons (Fsp3) is 0.733. The van der Waals surface area contributed by atoms with Gasteiger partial charge < -0.3 is 10.5 Å². The van der Waals surface area contributed by atoms with Gasteiger partial charge in [0.05, 0.1) is 12.6 Å². The van der Waals surface area contributed by atoms with E-state index in [4.69, 9.17) is 10.5 Å². The summed E-state index contributed by atoms with van der Waals surface area (Å²) in [6.07, 6.45) is 2.25. The van der Waals surface area contributed by atoms with E-state index in [0.29, 0.717) is 12.0 Å². The van der Waals surface area contributed by atoms with Crippen LogP contribution in [-0.2, 0) is 4.74 Å². The molecule has 19 heavy (non-hydrogen) atoms. The van der Waals surface area contributed by atoms with E-state index >= 15 is 0 Å². The fourth-order valence-corrected chi connectivity index (χ4v) is 4.16. The molecule has 1 saturated heterocycles. The van der Waals surface area contributed by atoms with Crippen LogP contribution in [0.15, 0.2) is 11.4 Å². The highest BCUT2D eigenvalue weighted by Crippen LogP contribution is 2.35. The van der Waals surface area contributed by atoms with Crippen molar-refractivity contribution >= 4 is 11.3 Å². The van der Waals surface area contributed by atoms with Crippen LogP contribution in [0.25, 0.3) is 0 Å². The van der Waals surface area contributed by atoms with Crippen molar-refractivity contribution in [3.8, 4) is 0 Å². The number of ether oxygens (including phenoxy) is 1. The molecule has 4 heteroatoms. The van der Waals surface area contributed by atoms with Gasteiger partial charge in [0, 0.05) is 24.6 Å². The molecule has 0 aromatic carbocycles. The van der Waals surface area contributed by atoms with Crippen LogP contribution in [0.2, 0.25) is 0 Å². The largest absolute Gasteiger partial charge is 0.384 e. The van der Waals surface area contributed by atoms with Crippen molar-refractivity contribution in [1.82, 2.24) is 4.90 Å². The second-order valence-electron chi connectivity index (χ2n) is 5.59. The number of hydrogen-bond donors (Lipinski definition) is 1. The maximum absolute atomic E-state index is 6.41. The normalized spacial score (nSPS) is 23.7. The molecule has 0 amide bonds. The average Bonchev–Trinajstić information content (AvgIpc) is 3.01. The highest BCUT2D eigenvalue weighted by atomic mass is 32.1. The molecule has 2 heterocycles. The van der Waals surface area contributed by atoms with Crippen molar-refractivity contribution in [2.45, 2.75) is 38.8 Å². The van der Waals surface area contributed by atoms with E-state index in [2.05, 4.69) is 30.2 Å². The van der Waals surface area contributed by atoms with Crippen molar-refractivity contribution in [2.24, 2.45) is 11.7 Å². The minimum Gasteiger partial charge on any atom is -0.384 e. The molecular weight excluding hydrogens is 256 g/mol. The summed E-state index contributed by atoms with van der Waals surface area (Å²) in [5.74, 6) is 0.664. The van der Waals surface area contributed by atoms with Crippen molar-refractivity contribution in [3.05, 3.63) is 21.9 Å². The Morgan fingerprint density at radius 3 is 2.95 bits per heavy atom. The zero-order chi connectivity index (χ0) is 13.8. The molecule has 2 N–H and O–H groups in total. The van der Waals surface area contributed by atoms with E-state index in [0.717, 1.165) is 26.1 Å². The van der Waals surface area contributed by atoms with Gasteiger partial charge in [0.1, 0.15) is 0 Å². The predicted octanol–water partition coefficient (Wildman–Crippen LogP) is 2.80. The molecule has 108 valence electrons. The number of nitrogens with two attached hydrogens (primary N) is 1. The molecule has 3 nitrogen and oxygen atoms in total. The molecule has 0 saturated carbocycles. The quantitative estimate of drug-likeness (QED) is 0.872. The van der Waals surface area contributed by atoms with Crippen LogP contribution in [-0.4, -0.2) is 37.7 Å². The summed E-state index contributed by atoms with van der Waals surface area (Å²) >= 11 is 1.85. The minimum absolute atomic E-state index is 0.221. The second kappa shape index (κ2) is 6.84. The van der Waals surface area contributed by atoms with E-state index in [-0.39, 0.29) is 6.04 Å². The monoisotopic (exact) mass is 282 g/mol. The van der Waals surface area contributed by atoms with Crippen molar-refractivity contribution in [3.63, 3.8) is 0 Å². The number of hydrogen-bond acceptors (Lipinski definition) is 4. The molecule has 0 bridgehead atoms. The van der Waals surface area contributed by atoms with E-state index in [9.17, 15) is 0 Å². The number of likely N-dealkylation sites (tertiary alicyclic amines) is 1. The van der Waals surface area contributed by atoms with Gasteiger partial charge in [-0.1, -0.05) is 6.92 Å². The third-order valence-corrected chi connectivity index (χ3v) is 5.25. The number of methoxy groups -OCH3 is 1. The Balaban J connectivity index is 2.13. The van der Waals surface area contributed by atoms with E-state index in [1.807, 2.05) is 11.3 Å². The van der Waals surface area contributed by atoms with Crippen LogP contribution < -0.4 is 5.73 Å². The van der Waals surface area contributed by atoms with E-state index in [1.165, 1.54) is 16.9 Å². The van der Waals surface area contributed by atoms with Crippen molar-refractivity contribution in [1.29, 1.82) is 0 Å². The molecule has 3 atom stereocenters. The van der Waals surface area contributed by atoms with Gasteiger partial charge in [-0.15, -0.1) is 11.3 Å². The fourth-order valence-electron chi connectivity index (χ4n) is 3.03. The molecule has 0 spiro atoms. The molecule has 1 aromatic rings. The van der Waals surface area contributed by atoms with E-state index in [1.54, 1.807) is 7.11 Å². The van der Waals surface area contributed by atoms with Gasteiger partial charge >= 0.3 is 0 Å². The molecule has 2 rings (SSSR count). The number of aryl methyl sites for hydroxylation is 1. The Morgan fingerprint density at radius 1 is 1.58 bits per heavy atom. The summed E-state index contributed by atoms with van der Waals surface area (Å²) in [6, 6.07) is 2.81. The van der Waals surface area contributed by atoms with Gasteiger partial charge in [-0.25, -0.2) is 0 Å². The van der Waals surface area contributed by atoms with Crippen LogP contribution in [0, 0.1) is 12.8 Å². The van der Waals surface area contributed by atoms with Gasteiger partial charge in [-0.3, -0.25) is 4.90 Å². The molecule has 1 fully saturated rings. The Morgan fingerprint density at radius 2 is 2.37 bits per heavy atom. The maximum atomic E-state index is 6.41. The van der Waals surface area contributed by atoms with Crippen LogP contribution in [0.4, 0.5) is 0 Å². The molecule has 1 aromatic heterocycles. The maximum Gasteiger partial charge on any atom is 0.0596 e. The summed E-state index contributed by atoms with van der Waals surface area (Å²) in [4.78, 5) is 4.02. The molecule has 1 aliphatic heterocycles. The first-order valence-electron chi connectivity index (χ1n) is 7.19.